The summed E-state index contributed by atoms with van der Waals surface area (Å²) in [6, 6.07) is 8.44. The van der Waals surface area contributed by atoms with Gasteiger partial charge in [-0.15, -0.1) is 5.10 Å². The minimum atomic E-state index is 0.159. The van der Waals surface area contributed by atoms with Crippen molar-refractivity contribution in [2.45, 2.75) is 46.0 Å². The molecule has 2 aromatic rings. The van der Waals surface area contributed by atoms with E-state index in [2.05, 4.69) is 62.3 Å². The monoisotopic (exact) mass is 258 g/mol. The molecule has 1 aromatic heterocycles. The Morgan fingerprint density at radius 2 is 1.79 bits per heavy atom. The highest BCUT2D eigenvalue weighted by Crippen LogP contribution is 2.24. The highest BCUT2D eigenvalue weighted by Gasteiger charge is 2.15. The maximum Gasteiger partial charge on any atom is 0.169 e. The zero-order chi connectivity index (χ0) is 14.0. The molecule has 0 spiro atoms. The summed E-state index contributed by atoms with van der Waals surface area (Å²) < 4.78 is 1.84. The molecule has 0 fully saturated rings. The number of nitrogens with zero attached hydrogens (tertiary/aromatic N) is 3. The number of nitrogens with two attached hydrogens (primary N) is 1. The maximum absolute atomic E-state index is 5.87. The van der Waals surface area contributed by atoms with Gasteiger partial charge < -0.3 is 5.73 Å². The lowest BCUT2D eigenvalue weighted by molar-refractivity contribution is 0.590. The first-order chi connectivity index (χ1) is 8.93. The summed E-state index contributed by atoms with van der Waals surface area (Å²) in [5.74, 6) is 0.529. The standard InChI is InChI=1S/C15H22N4/c1-5-6-13-14(16)17-18-19(13)12-9-7-11(8-10-12)15(2,3)4/h7-10H,5-6,16H2,1-4H3. The van der Waals surface area contributed by atoms with Crippen molar-refractivity contribution < 1.29 is 0 Å². The van der Waals surface area contributed by atoms with E-state index in [-0.39, 0.29) is 5.41 Å². The van der Waals surface area contributed by atoms with E-state index < -0.39 is 0 Å². The van der Waals surface area contributed by atoms with Gasteiger partial charge in [-0.3, -0.25) is 0 Å². The second-order valence-electron chi connectivity index (χ2n) is 5.88. The van der Waals surface area contributed by atoms with Gasteiger partial charge in [0.2, 0.25) is 0 Å². The quantitative estimate of drug-likeness (QED) is 0.920. The smallest absolute Gasteiger partial charge is 0.169 e. The van der Waals surface area contributed by atoms with E-state index in [4.69, 9.17) is 5.73 Å². The van der Waals surface area contributed by atoms with Gasteiger partial charge in [0.25, 0.3) is 0 Å². The summed E-state index contributed by atoms with van der Waals surface area (Å²) in [6.45, 7) is 8.74. The normalized spacial score (nSPS) is 11.8. The maximum atomic E-state index is 5.87. The number of hydrogen-bond donors (Lipinski definition) is 1. The fraction of sp³-hybridized carbons (Fsp3) is 0.467. The summed E-state index contributed by atoms with van der Waals surface area (Å²) in [5.41, 5.74) is 9.34. The van der Waals surface area contributed by atoms with Gasteiger partial charge in [-0.25, -0.2) is 4.68 Å². The highest BCUT2D eigenvalue weighted by atomic mass is 15.4. The molecule has 0 aliphatic carbocycles. The third kappa shape index (κ3) is 2.78. The van der Waals surface area contributed by atoms with Crippen molar-refractivity contribution in [2.75, 3.05) is 5.73 Å². The van der Waals surface area contributed by atoms with Crippen molar-refractivity contribution in [2.24, 2.45) is 0 Å². The summed E-state index contributed by atoms with van der Waals surface area (Å²) >= 11 is 0. The molecule has 0 unspecified atom stereocenters. The van der Waals surface area contributed by atoms with Crippen molar-refractivity contribution >= 4 is 5.82 Å². The van der Waals surface area contributed by atoms with Crippen LogP contribution in [-0.2, 0) is 11.8 Å². The first-order valence-corrected chi connectivity index (χ1v) is 6.74. The van der Waals surface area contributed by atoms with E-state index in [1.807, 2.05) is 4.68 Å². The molecule has 4 heteroatoms. The van der Waals surface area contributed by atoms with Crippen molar-refractivity contribution in [3.8, 4) is 5.69 Å². The van der Waals surface area contributed by atoms with Gasteiger partial charge in [0.15, 0.2) is 5.82 Å². The minimum Gasteiger partial charge on any atom is -0.381 e. The first-order valence-electron chi connectivity index (χ1n) is 6.74. The van der Waals surface area contributed by atoms with Crippen molar-refractivity contribution in [1.82, 2.24) is 15.0 Å². The van der Waals surface area contributed by atoms with Crippen LogP contribution in [0, 0.1) is 0 Å². The molecule has 0 aliphatic rings. The lowest BCUT2D eigenvalue weighted by Gasteiger charge is -2.19. The van der Waals surface area contributed by atoms with E-state index in [0.717, 1.165) is 24.2 Å². The molecular weight excluding hydrogens is 236 g/mol. The van der Waals surface area contributed by atoms with Crippen LogP contribution in [0.5, 0.6) is 0 Å². The molecule has 1 aromatic carbocycles. The van der Waals surface area contributed by atoms with Crippen molar-refractivity contribution in [3.05, 3.63) is 35.5 Å². The van der Waals surface area contributed by atoms with E-state index in [9.17, 15) is 0 Å². The number of nitrogen functional groups attached to an aromatic ring is 1. The molecular formula is C15H22N4. The Labute approximate surface area is 114 Å². The molecule has 1 heterocycles. The van der Waals surface area contributed by atoms with Gasteiger partial charge in [0, 0.05) is 0 Å². The zero-order valence-corrected chi connectivity index (χ0v) is 12.1. The summed E-state index contributed by atoms with van der Waals surface area (Å²) in [4.78, 5) is 0. The Kier molecular flexibility index (Phi) is 3.60. The van der Waals surface area contributed by atoms with Gasteiger partial charge in [-0.05, 0) is 29.5 Å². The largest absolute Gasteiger partial charge is 0.381 e. The second kappa shape index (κ2) is 5.03. The fourth-order valence-corrected chi connectivity index (χ4v) is 2.09. The van der Waals surface area contributed by atoms with Crippen LogP contribution in [0.4, 0.5) is 5.82 Å². The molecule has 0 amide bonds. The summed E-state index contributed by atoms with van der Waals surface area (Å²) in [5, 5.41) is 8.11. The Bertz CT molecular complexity index is 547. The van der Waals surface area contributed by atoms with Crippen LogP contribution in [0.3, 0.4) is 0 Å². The topological polar surface area (TPSA) is 56.7 Å². The Balaban J connectivity index is 2.38. The Morgan fingerprint density at radius 1 is 1.16 bits per heavy atom. The molecule has 2 N–H and O–H groups in total. The number of aromatic nitrogens is 3. The van der Waals surface area contributed by atoms with Crippen molar-refractivity contribution in [3.63, 3.8) is 0 Å². The lowest BCUT2D eigenvalue weighted by Crippen LogP contribution is -2.11. The van der Waals surface area contributed by atoms with Crippen LogP contribution in [0.15, 0.2) is 24.3 Å². The molecule has 0 aliphatic heterocycles. The number of benzene rings is 1. The average Bonchev–Trinajstić information content (AvgIpc) is 2.71. The second-order valence-corrected chi connectivity index (χ2v) is 5.88. The molecule has 0 saturated heterocycles. The van der Waals surface area contributed by atoms with Gasteiger partial charge in [-0.1, -0.05) is 51.5 Å². The van der Waals surface area contributed by atoms with E-state index >= 15 is 0 Å². The van der Waals surface area contributed by atoms with Gasteiger partial charge in [0.05, 0.1) is 11.4 Å². The van der Waals surface area contributed by atoms with Gasteiger partial charge >= 0.3 is 0 Å². The number of hydrogen-bond acceptors (Lipinski definition) is 3. The van der Waals surface area contributed by atoms with Gasteiger partial charge in [0.1, 0.15) is 0 Å². The van der Waals surface area contributed by atoms with Gasteiger partial charge in [-0.2, -0.15) is 0 Å². The van der Waals surface area contributed by atoms with Crippen LogP contribution >= 0.6 is 0 Å². The molecule has 19 heavy (non-hydrogen) atoms. The third-order valence-corrected chi connectivity index (χ3v) is 3.26. The predicted octanol–water partition coefficient (Wildman–Crippen LogP) is 3.10. The first kappa shape index (κ1) is 13.6. The Morgan fingerprint density at radius 3 is 2.32 bits per heavy atom. The van der Waals surface area contributed by atoms with Crippen LogP contribution < -0.4 is 5.73 Å². The number of rotatable bonds is 3. The molecule has 4 nitrogen and oxygen atoms in total. The van der Waals surface area contributed by atoms with Crippen LogP contribution in [0.25, 0.3) is 5.69 Å². The molecule has 0 atom stereocenters. The molecule has 102 valence electrons. The van der Waals surface area contributed by atoms with Crippen LogP contribution in [0.2, 0.25) is 0 Å². The Hall–Kier alpha value is -1.84. The van der Waals surface area contributed by atoms with E-state index in [0.29, 0.717) is 5.82 Å². The molecule has 0 bridgehead atoms. The zero-order valence-electron chi connectivity index (χ0n) is 12.1. The summed E-state index contributed by atoms with van der Waals surface area (Å²) in [7, 11) is 0. The SMILES string of the molecule is CCCc1c(N)nnn1-c1ccc(C(C)(C)C)cc1. The van der Waals surface area contributed by atoms with E-state index in [1.165, 1.54) is 5.56 Å². The number of anilines is 1. The third-order valence-electron chi connectivity index (χ3n) is 3.26. The molecule has 0 radical (unpaired) electrons. The van der Waals surface area contributed by atoms with E-state index in [1.54, 1.807) is 0 Å². The fourth-order valence-electron chi connectivity index (χ4n) is 2.09. The average molecular weight is 258 g/mol. The van der Waals surface area contributed by atoms with Crippen LogP contribution in [0.1, 0.15) is 45.4 Å². The predicted molar refractivity (Wildman–Crippen MR) is 78.5 cm³/mol. The summed E-state index contributed by atoms with van der Waals surface area (Å²) in [6.07, 6.45) is 1.91. The van der Waals surface area contributed by atoms with Crippen LogP contribution in [-0.4, -0.2) is 15.0 Å². The van der Waals surface area contributed by atoms with Crippen molar-refractivity contribution in [1.29, 1.82) is 0 Å². The molecule has 2 rings (SSSR count). The highest BCUT2D eigenvalue weighted by molar-refractivity contribution is 5.42. The lowest BCUT2D eigenvalue weighted by atomic mass is 9.87. The minimum absolute atomic E-state index is 0.159. The molecule has 0 saturated carbocycles.